The monoisotopic (exact) mass is 460 g/mol. The lowest BCUT2D eigenvalue weighted by molar-refractivity contribution is -0.137. The highest BCUT2D eigenvalue weighted by atomic mass is 32.1. The van der Waals surface area contributed by atoms with Crippen LogP contribution in [0.3, 0.4) is 0 Å². The number of pyridine rings is 1. The average Bonchev–Trinajstić information content (AvgIpc) is 3.24. The standard InChI is InChI=1S/C23H23F3N4OS/c1-14-12-18(15(2)30(14)17-7-5-6-16(13-17)23(24,25)26)21-20(19-8-3-4-9-27-19)28-22(32)29(21)10-11-31/h3-9,12-13,20-21,31H,10-11H2,1-2H3,(H,28,32). The van der Waals surface area contributed by atoms with Crippen molar-refractivity contribution in [2.24, 2.45) is 0 Å². The summed E-state index contributed by atoms with van der Waals surface area (Å²) in [6.07, 6.45) is -2.71. The van der Waals surface area contributed by atoms with Crippen LogP contribution in [0.25, 0.3) is 5.69 Å². The fourth-order valence-electron chi connectivity index (χ4n) is 4.40. The minimum Gasteiger partial charge on any atom is -0.395 e. The number of aliphatic hydroxyl groups is 1. The first kappa shape index (κ1) is 22.3. The summed E-state index contributed by atoms with van der Waals surface area (Å²) in [5, 5.41) is 13.4. The van der Waals surface area contributed by atoms with Crippen LogP contribution in [0, 0.1) is 13.8 Å². The lowest BCUT2D eigenvalue weighted by atomic mass is 9.97. The molecule has 9 heteroatoms. The highest BCUT2D eigenvalue weighted by molar-refractivity contribution is 7.80. The Kier molecular flexibility index (Phi) is 5.96. The molecule has 2 atom stereocenters. The van der Waals surface area contributed by atoms with E-state index in [0.29, 0.717) is 17.3 Å². The van der Waals surface area contributed by atoms with E-state index in [1.807, 2.05) is 47.6 Å². The van der Waals surface area contributed by atoms with Crippen molar-refractivity contribution in [1.29, 1.82) is 0 Å². The first-order valence-electron chi connectivity index (χ1n) is 10.2. The number of rotatable bonds is 5. The number of aliphatic hydroxyl groups excluding tert-OH is 1. The van der Waals surface area contributed by atoms with E-state index >= 15 is 0 Å². The minimum absolute atomic E-state index is 0.0837. The average molecular weight is 461 g/mol. The van der Waals surface area contributed by atoms with Crippen LogP contribution in [0.4, 0.5) is 13.2 Å². The summed E-state index contributed by atoms with van der Waals surface area (Å²) in [4.78, 5) is 6.39. The van der Waals surface area contributed by atoms with Crippen LogP contribution in [0.1, 0.15) is 40.3 Å². The molecule has 0 spiro atoms. The van der Waals surface area contributed by atoms with E-state index in [1.54, 1.807) is 12.3 Å². The molecule has 2 unspecified atom stereocenters. The zero-order valence-electron chi connectivity index (χ0n) is 17.6. The van der Waals surface area contributed by atoms with Crippen LogP contribution in [-0.4, -0.2) is 37.8 Å². The number of β-amino-alcohol motifs (C(OH)–C–C–N with tert-alkyl or cyclic N) is 1. The predicted octanol–water partition coefficient (Wildman–Crippen LogP) is 4.47. The maximum Gasteiger partial charge on any atom is 0.416 e. The normalized spacial score (nSPS) is 18.8. The highest BCUT2D eigenvalue weighted by Crippen LogP contribution is 2.41. The third-order valence-corrected chi connectivity index (χ3v) is 6.11. The number of aromatic nitrogens is 2. The Balaban J connectivity index is 1.83. The smallest absolute Gasteiger partial charge is 0.395 e. The molecule has 2 aromatic heterocycles. The van der Waals surface area contributed by atoms with Crippen molar-refractivity contribution in [3.05, 3.63) is 82.9 Å². The Hall–Kier alpha value is -2.91. The van der Waals surface area contributed by atoms with E-state index in [2.05, 4.69) is 10.3 Å². The van der Waals surface area contributed by atoms with Gasteiger partial charge in [-0.1, -0.05) is 12.1 Å². The fourth-order valence-corrected chi connectivity index (χ4v) is 4.73. The number of nitrogens with zero attached hydrogens (tertiary/aromatic N) is 3. The molecule has 0 amide bonds. The van der Waals surface area contributed by atoms with E-state index < -0.39 is 11.7 Å². The van der Waals surface area contributed by atoms with Gasteiger partial charge in [-0.3, -0.25) is 4.98 Å². The van der Waals surface area contributed by atoms with Gasteiger partial charge in [-0.25, -0.2) is 0 Å². The summed E-state index contributed by atoms with van der Waals surface area (Å²) in [5.74, 6) is 0. The summed E-state index contributed by atoms with van der Waals surface area (Å²) < 4.78 is 41.7. The molecule has 2 N–H and O–H groups in total. The molecule has 0 bridgehead atoms. The molecular formula is C23H23F3N4OS. The van der Waals surface area contributed by atoms with Crippen molar-refractivity contribution in [1.82, 2.24) is 19.8 Å². The van der Waals surface area contributed by atoms with Gasteiger partial charge in [0.1, 0.15) is 0 Å². The van der Waals surface area contributed by atoms with Crippen molar-refractivity contribution in [3.63, 3.8) is 0 Å². The van der Waals surface area contributed by atoms with Gasteiger partial charge in [0.05, 0.1) is 29.9 Å². The largest absolute Gasteiger partial charge is 0.416 e. The molecule has 1 fully saturated rings. The molecule has 1 saturated heterocycles. The van der Waals surface area contributed by atoms with Crippen molar-refractivity contribution in [2.45, 2.75) is 32.1 Å². The maximum absolute atomic E-state index is 13.3. The molecule has 1 aromatic carbocycles. The van der Waals surface area contributed by atoms with Gasteiger partial charge < -0.3 is 19.9 Å². The molecule has 3 heterocycles. The number of hydrogen-bond acceptors (Lipinski definition) is 3. The molecule has 0 saturated carbocycles. The van der Waals surface area contributed by atoms with Gasteiger partial charge in [0.2, 0.25) is 0 Å². The second kappa shape index (κ2) is 8.55. The van der Waals surface area contributed by atoms with Crippen LogP contribution < -0.4 is 5.32 Å². The second-order valence-electron chi connectivity index (χ2n) is 7.75. The van der Waals surface area contributed by atoms with E-state index in [0.717, 1.165) is 34.8 Å². The zero-order valence-corrected chi connectivity index (χ0v) is 18.4. The van der Waals surface area contributed by atoms with Gasteiger partial charge in [0.15, 0.2) is 5.11 Å². The summed E-state index contributed by atoms with van der Waals surface area (Å²) in [5.41, 5.74) is 3.07. The number of alkyl halides is 3. The van der Waals surface area contributed by atoms with Crippen LogP contribution in [0.2, 0.25) is 0 Å². The van der Waals surface area contributed by atoms with Crippen LogP contribution in [0.15, 0.2) is 54.7 Å². The number of benzene rings is 1. The maximum atomic E-state index is 13.3. The predicted molar refractivity (Wildman–Crippen MR) is 119 cm³/mol. The van der Waals surface area contributed by atoms with Crippen molar-refractivity contribution >= 4 is 17.3 Å². The number of halogens is 3. The van der Waals surface area contributed by atoms with Crippen LogP contribution in [-0.2, 0) is 6.18 Å². The van der Waals surface area contributed by atoms with Gasteiger partial charge in [0, 0.05) is 29.8 Å². The Labute approximate surface area is 189 Å². The molecular weight excluding hydrogens is 437 g/mol. The molecule has 1 aliphatic rings. The second-order valence-corrected chi connectivity index (χ2v) is 8.14. The first-order chi connectivity index (χ1) is 15.2. The highest BCUT2D eigenvalue weighted by Gasteiger charge is 2.41. The molecule has 0 radical (unpaired) electrons. The third-order valence-electron chi connectivity index (χ3n) is 5.76. The molecule has 3 aromatic rings. The van der Waals surface area contributed by atoms with E-state index in [9.17, 15) is 18.3 Å². The fraction of sp³-hybridized carbons (Fsp3) is 0.304. The number of aryl methyl sites for hydroxylation is 1. The molecule has 4 rings (SSSR count). The summed E-state index contributed by atoms with van der Waals surface area (Å²) >= 11 is 5.54. The first-order valence-corrected chi connectivity index (χ1v) is 10.6. The number of thiocarbonyl (C=S) groups is 1. The molecule has 32 heavy (non-hydrogen) atoms. The topological polar surface area (TPSA) is 53.3 Å². The van der Waals surface area contributed by atoms with Crippen LogP contribution in [0.5, 0.6) is 0 Å². The number of nitrogens with one attached hydrogen (secondary N) is 1. The summed E-state index contributed by atoms with van der Waals surface area (Å²) in [6, 6.07) is 12.4. The molecule has 0 aliphatic carbocycles. The summed E-state index contributed by atoms with van der Waals surface area (Å²) in [6.45, 7) is 3.99. The molecule has 168 valence electrons. The van der Waals surface area contributed by atoms with E-state index in [-0.39, 0.29) is 18.7 Å². The lowest BCUT2D eigenvalue weighted by Crippen LogP contribution is -2.32. The van der Waals surface area contributed by atoms with E-state index in [1.165, 1.54) is 6.07 Å². The van der Waals surface area contributed by atoms with Crippen molar-refractivity contribution in [2.75, 3.05) is 13.2 Å². The van der Waals surface area contributed by atoms with Crippen molar-refractivity contribution < 1.29 is 18.3 Å². The summed E-state index contributed by atoms with van der Waals surface area (Å²) in [7, 11) is 0. The van der Waals surface area contributed by atoms with Crippen molar-refractivity contribution in [3.8, 4) is 5.69 Å². The lowest BCUT2D eigenvalue weighted by Gasteiger charge is -2.27. The Morgan fingerprint density at radius 3 is 2.56 bits per heavy atom. The molecule has 1 aliphatic heterocycles. The van der Waals surface area contributed by atoms with Crippen LogP contribution >= 0.6 is 12.2 Å². The zero-order chi connectivity index (χ0) is 23.0. The third kappa shape index (κ3) is 3.98. The quantitative estimate of drug-likeness (QED) is 0.550. The van der Waals surface area contributed by atoms with Gasteiger partial charge in [-0.05, 0) is 68.0 Å². The van der Waals surface area contributed by atoms with Gasteiger partial charge in [-0.15, -0.1) is 0 Å². The van der Waals surface area contributed by atoms with Gasteiger partial charge in [0.25, 0.3) is 0 Å². The minimum atomic E-state index is -4.42. The Morgan fingerprint density at radius 2 is 1.91 bits per heavy atom. The van der Waals surface area contributed by atoms with Gasteiger partial charge in [-0.2, -0.15) is 13.2 Å². The van der Waals surface area contributed by atoms with E-state index in [4.69, 9.17) is 12.2 Å². The van der Waals surface area contributed by atoms with Gasteiger partial charge >= 0.3 is 6.18 Å². The molecule has 5 nitrogen and oxygen atoms in total. The number of hydrogen-bond donors (Lipinski definition) is 2. The Bertz CT molecular complexity index is 1130. The SMILES string of the molecule is Cc1cc(C2C(c3ccccn3)NC(=S)N2CCO)c(C)n1-c1cccc(C(F)(F)F)c1. The Morgan fingerprint density at radius 1 is 1.12 bits per heavy atom.